The molecule has 0 radical (unpaired) electrons. The molecule has 2 rings (SSSR count). The number of likely N-dealkylation sites (tertiary alicyclic amines) is 1. The topological polar surface area (TPSA) is 47.6 Å². The molecule has 0 spiro atoms. The van der Waals surface area contributed by atoms with Gasteiger partial charge >= 0.3 is 6.03 Å². The summed E-state index contributed by atoms with van der Waals surface area (Å²) in [5.41, 5.74) is 0. The minimum Gasteiger partial charge on any atom is -0.336 e. The van der Waals surface area contributed by atoms with Crippen LogP contribution >= 0.6 is 0 Å². The summed E-state index contributed by atoms with van der Waals surface area (Å²) in [6.07, 6.45) is 2.54. The van der Waals surface area contributed by atoms with Crippen molar-refractivity contribution in [2.24, 2.45) is 5.92 Å². The van der Waals surface area contributed by atoms with Crippen molar-refractivity contribution < 1.29 is 4.79 Å². The van der Waals surface area contributed by atoms with E-state index in [1.54, 1.807) is 0 Å². The minimum atomic E-state index is 0.105. The van der Waals surface area contributed by atoms with Gasteiger partial charge in [0.25, 0.3) is 0 Å². The Morgan fingerprint density at radius 1 is 1.33 bits per heavy atom. The Bertz CT molecular complexity index is 276. The van der Waals surface area contributed by atoms with Crippen LogP contribution in [-0.2, 0) is 0 Å². The number of hydrogen-bond donors (Lipinski definition) is 2. The summed E-state index contributed by atoms with van der Waals surface area (Å²) in [6.45, 7) is 8.19. The number of urea groups is 1. The average molecular weight is 254 g/mol. The predicted molar refractivity (Wildman–Crippen MR) is 72.7 cm³/mol. The smallest absolute Gasteiger partial charge is 0.317 e. The van der Waals surface area contributed by atoms with Crippen molar-refractivity contribution in [1.29, 1.82) is 0 Å². The Balaban J connectivity index is 1.66. The third-order valence-electron chi connectivity index (χ3n) is 4.43. The quantitative estimate of drug-likeness (QED) is 0.743. The van der Waals surface area contributed by atoms with E-state index < -0.39 is 0 Å². The number of amides is 2. The van der Waals surface area contributed by atoms with Gasteiger partial charge in [-0.15, -0.1) is 0 Å². The molecular weight excluding hydrogens is 228 g/mol. The van der Waals surface area contributed by atoms with E-state index in [-0.39, 0.29) is 6.03 Å². The Hall–Kier alpha value is -0.810. The molecule has 0 saturated carbocycles. The number of piperidine rings is 1. The number of nitrogens with zero attached hydrogens (tertiary/aromatic N) is 2. The third-order valence-corrected chi connectivity index (χ3v) is 4.43. The molecule has 0 aromatic heterocycles. The molecule has 0 bridgehead atoms. The Labute approximate surface area is 110 Å². The molecule has 2 aliphatic heterocycles. The fraction of sp³-hybridized carbons (Fsp3) is 0.923. The first-order valence-corrected chi connectivity index (χ1v) is 7.13. The maximum atomic E-state index is 11.4. The zero-order valence-electron chi connectivity index (χ0n) is 11.6. The second-order valence-electron chi connectivity index (χ2n) is 5.48. The molecule has 1 unspecified atom stereocenters. The predicted octanol–water partition coefficient (Wildman–Crippen LogP) is 0.332. The molecule has 2 amide bonds. The van der Waals surface area contributed by atoms with Crippen LogP contribution in [0, 0.1) is 5.92 Å². The molecule has 2 saturated heterocycles. The normalized spacial score (nSPS) is 24.3. The van der Waals surface area contributed by atoms with Gasteiger partial charge in [-0.1, -0.05) is 0 Å². The first kappa shape index (κ1) is 13.6. The van der Waals surface area contributed by atoms with Crippen LogP contribution in [0.5, 0.6) is 0 Å². The van der Waals surface area contributed by atoms with Gasteiger partial charge in [-0.05, 0) is 45.8 Å². The van der Waals surface area contributed by atoms with Gasteiger partial charge in [0.05, 0.1) is 0 Å². The lowest BCUT2D eigenvalue weighted by atomic mass is 9.90. The maximum Gasteiger partial charge on any atom is 0.317 e. The zero-order chi connectivity index (χ0) is 13.0. The van der Waals surface area contributed by atoms with E-state index >= 15 is 0 Å². The molecule has 104 valence electrons. The van der Waals surface area contributed by atoms with Gasteiger partial charge in [0.1, 0.15) is 0 Å². The number of nitrogens with one attached hydrogen (secondary N) is 2. The summed E-state index contributed by atoms with van der Waals surface area (Å²) in [5.74, 6) is 0.807. The van der Waals surface area contributed by atoms with Crippen molar-refractivity contribution in [2.45, 2.75) is 25.8 Å². The highest BCUT2D eigenvalue weighted by atomic mass is 16.2. The highest BCUT2D eigenvalue weighted by Crippen LogP contribution is 2.20. The van der Waals surface area contributed by atoms with Gasteiger partial charge in [0.15, 0.2) is 0 Å². The Morgan fingerprint density at radius 3 is 2.61 bits per heavy atom. The summed E-state index contributed by atoms with van der Waals surface area (Å²) in [4.78, 5) is 15.8. The first-order valence-electron chi connectivity index (χ1n) is 7.13. The lowest BCUT2D eigenvalue weighted by molar-refractivity contribution is 0.151. The van der Waals surface area contributed by atoms with Crippen LogP contribution in [0.2, 0.25) is 0 Å². The largest absolute Gasteiger partial charge is 0.336 e. The number of carbonyl (C=O) groups excluding carboxylic acids is 1. The molecular formula is C13H26N4O. The maximum absolute atomic E-state index is 11.4. The van der Waals surface area contributed by atoms with E-state index in [1.807, 2.05) is 11.9 Å². The number of hydrogen-bond acceptors (Lipinski definition) is 3. The monoisotopic (exact) mass is 254 g/mol. The van der Waals surface area contributed by atoms with Crippen LogP contribution in [0.4, 0.5) is 4.79 Å². The van der Waals surface area contributed by atoms with Crippen molar-refractivity contribution in [3.8, 4) is 0 Å². The van der Waals surface area contributed by atoms with Gasteiger partial charge in [0, 0.05) is 32.2 Å². The first-order chi connectivity index (χ1) is 8.70. The van der Waals surface area contributed by atoms with Gasteiger partial charge in [-0.25, -0.2) is 4.79 Å². The van der Waals surface area contributed by atoms with Gasteiger partial charge in [0.2, 0.25) is 0 Å². The van der Waals surface area contributed by atoms with Crippen molar-refractivity contribution in [2.75, 3.05) is 46.3 Å². The lowest BCUT2D eigenvalue weighted by Crippen LogP contribution is -2.44. The van der Waals surface area contributed by atoms with Crippen LogP contribution in [0.3, 0.4) is 0 Å². The molecule has 2 N–H and O–H groups in total. The minimum absolute atomic E-state index is 0.105. The molecule has 2 fully saturated rings. The van der Waals surface area contributed by atoms with Gasteiger partial charge < -0.3 is 20.4 Å². The summed E-state index contributed by atoms with van der Waals surface area (Å²) in [7, 11) is 2.04. The molecule has 0 aliphatic carbocycles. The van der Waals surface area contributed by atoms with Crippen molar-refractivity contribution >= 4 is 6.03 Å². The van der Waals surface area contributed by atoms with Gasteiger partial charge in [-0.3, -0.25) is 0 Å². The number of carbonyl (C=O) groups is 1. The van der Waals surface area contributed by atoms with Crippen molar-refractivity contribution in [3.05, 3.63) is 0 Å². The third kappa shape index (κ3) is 3.36. The lowest BCUT2D eigenvalue weighted by Gasteiger charge is -2.35. The van der Waals surface area contributed by atoms with E-state index in [0.29, 0.717) is 6.04 Å². The molecule has 18 heavy (non-hydrogen) atoms. The summed E-state index contributed by atoms with van der Waals surface area (Å²) < 4.78 is 0. The van der Waals surface area contributed by atoms with Gasteiger partial charge in [-0.2, -0.15) is 0 Å². The van der Waals surface area contributed by atoms with E-state index in [1.165, 1.54) is 25.9 Å². The summed E-state index contributed by atoms with van der Waals surface area (Å²) in [5, 5.41) is 6.20. The number of rotatable bonds is 5. The molecule has 2 heterocycles. The van der Waals surface area contributed by atoms with E-state index in [4.69, 9.17) is 0 Å². The molecule has 5 heteroatoms. The van der Waals surface area contributed by atoms with Crippen LogP contribution in [0.1, 0.15) is 19.8 Å². The molecule has 0 aromatic carbocycles. The van der Waals surface area contributed by atoms with Crippen LogP contribution < -0.4 is 10.6 Å². The molecule has 5 nitrogen and oxygen atoms in total. The average Bonchev–Trinajstić information content (AvgIpc) is 2.81. The highest BCUT2D eigenvalue weighted by Gasteiger charge is 2.24. The summed E-state index contributed by atoms with van der Waals surface area (Å²) in [6, 6.07) is 0.727. The fourth-order valence-corrected chi connectivity index (χ4v) is 2.90. The SMILES string of the molecule is CNC(C)C1CCN(CCN2CCNC2=O)CC1. The van der Waals surface area contributed by atoms with Crippen LogP contribution in [-0.4, -0.2) is 68.2 Å². The molecule has 0 aromatic rings. The summed E-state index contributed by atoms with van der Waals surface area (Å²) >= 11 is 0. The molecule has 2 aliphatic rings. The fourth-order valence-electron chi connectivity index (χ4n) is 2.90. The van der Waals surface area contributed by atoms with E-state index in [2.05, 4.69) is 22.5 Å². The van der Waals surface area contributed by atoms with E-state index in [0.717, 1.165) is 32.1 Å². The van der Waals surface area contributed by atoms with E-state index in [9.17, 15) is 4.79 Å². The van der Waals surface area contributed by atoms with Crippen LogP contribution in [0.15, 0.2) is 0 Å². The van der Waals surface area contributed by atoms with Crippen molar-refractivity contribution in [1.82, 2.24) is 20.4 Å². The van der Waals surface area contributed by atoms with Crippen molar-refractivity contribution in [3.63, 3.8) is 0 Å². The standard InChI is InChI=1S/C13H26N4O/c1-11(14-2)12-3-6-16(7-4-12)9-10-17-8-5-15-13(17)18/h11-12,14H,3-10H2,1-2H3,(H,15,18). The molecule has 1 atom stereocenters. The second-order valence-corrected chi connectivity index (χ2v) is 5.48. The Kier molecular flexibility index (Phi) is 4.83. The second kappa shape index (κ2) is 6.38. The zero-order valence-corrected chi connectivity index (χ0v) is 11.6. The Morgan fingerprint density at radius 2 is 2.06 bits per heavy atom. The van der Waals surface area contributed by atoms with Crippen LogP contribution in [0.25, 0.3) is 0 Å². The highest BCUT2D eigenvalue weighted by molar-refractivity contribution is 5.76.